The van der Waals surface area contributed by atoms with Crippen LogP contribution in [0.3, 0.4) is 0 Å². The van der Waals surface area contributed by atoms with Crippen molar-refractivity contribution in [2.45, 2.75) is 25.8 Å². The molecule has 1 aliphatic rings. The highest BCUT2D eigenvalue weighted by molar-refractivity contribution is 5.99. The molecule has 0 spiro atoms. The third kappa shape index (κ3) is 2.51. The first-order valence-corrected chi connectivity index (χ1v) is 5.88. The summed E-state index contributed by atoms with van der Waals surface area (Å²) < 4.78 is 0. The first kappa shape index (κ1) is 12.6. The molecular weight excluding hydrogens is 232 g/mol. The number of carbonyl (C=O) groups is 2. The standard InChI is InChI=1S/C13H16N2O3/c1-7(13(17)18)4-10(14)8-2-3-11-9(5-8)6-12(16)15-11/h2-3,5,7,10H,4,6,14H2,1H3,(H,15,16)(H,17,18). The van der Waals surface area contributed by atoms with Crippen molar-refractivity contribution in [2.24, 2.45) is 11.7 Å². The van der Waals surface area contributed by atoms with Crippen LogP contribution >= 0.6 is 0 Å². The van der Waals surface area contributed by atoms with Crippen LogP contribution in [-0.2, 0) is 16.0 Å². The summed E-state index contributed by atoms with van der Waals surface area (Å²) >= 11 is 0. The molecule has 2 rings (SSSR count). The van der Waals surface area contributed by atoms with Gasteiger partial charge in [-0.1, -0.05) is 19.1 Å². The second kappa shape index (κ2) is 4.78. The maximum absolute atomic E-state index is 11.2. The Morgan fingerprint density at radius 1 is 1.56 bits per heavy atom. The van der Waals surface area contributed by atoms with E-state index < -0.39 is 11.9 Å². The van der Waals surface area contributed by atoms with Gasteiger partial charge in [0, 0.05) is 11.7 Å². The highest BCUT2D eigenvalue weighted by atomic mass is 16.4. The predicted octanol–water partition coefficient (Wildman–Crippen LogP) is 1.29. The Morgan fingerprint density at radius 3 is 2.94 bits per heavy atom. The van der Waals surface area contributed by atoms with E-state index in [1.54, 1.807) is 6.92 Å². The molecule has 2 atom stereocenters. The molecule has 0 radical (unpaired) electrons. The van der Waals surface area contributed by atoms with Crippen LogP contribution < -0.4 is 11.1 Å². The highest BCUT2D eigenvalue weighted by Crippen LogP contribution is 2.27. The Balaban J connectivity index is 2.12. The molecular formula is C13H16N2O3. The molecule has 1 aliphatic heterocycles. The van der Waals surface area contributed by atoms with Crippen LogP contribution in [-0.4, -0.2) is 17.0 Å². The number of amides is 1. The monoisotopic (exact) mass is 248 g/mol. The zero-order chi connectivity index (χ0) is 13.3. The predicted molar refractivity (Wildman–Crippen MR) is 67.1 cm³/mol. The maximum atomic E-state index is 11.2. The second-order valence-electron chi connectivity index (χ2n) is 4.72. The summed E-state index contributed by atoms with van der Waals surface area (Å²) in [6.45, 7) is 1.64. The van der Waals surface area contributed by atoms with Gasteiger partial charge >= 0.3 is 5.97 Å². The molecule has 2 unspecified atom stereocenters. The van der Waals surface area contributed by atoms with Gasteiger partial charge in [0.15, 0.2) is 0 Å². The first-order valence-electron chi connectivity index (χ1n) is 5.88. The second-order valence-corrected chi connectivity index (χ2v) is 4.72. The molecule has 1 heterocycles. The summed E-state index contributed by atoms with van der Waals surface area (Å²) in [5.41, 5.74) is 8.62. The molecule has 0 bridgehead atoms. The Hall–Kier alpha value is -1.88. The summed E-state index contributed by atoms with van der Waals surface area (Å²) in [5.74, 6) is -1.34. The number of anilines is 1. The van der Waals surface area contributed by atoms with Crippen LogP contribution in [0.4, 0.5) is 5.69 Å². The largest absolute Gasteiger partial charge is 0.481 e. The number of rotatable bonds is 4. The van der Waals surface area contributed by atoms with E-state index in [1.165, 1.54) is 0 Å². The first-order chi connectivity index (χ1) is 8.47. The Bertz CT molecular complexity index is 499. The van der Waals surface area contributed by atoms with Gasteiger partial charge < -0.3 is 16.2 Å². The number of fused-ring (bicyclic) bond motifs is 1. The fourth-order valence-corrected chi connectivity index (χ4v) is 2.10. The molecule has 1 aromatic carbocycles. The van der Waals surface area contributed by atoms with Crippen LogP contribution in [0.1, 0.15) is 30.5 Å². The van der Waals surface area contributed by atoms with E-state index in [9.17, 15) is 9.59 Å². The van der Waals surface area contributed by atoms with Gasteiger partial charge in [-0.05, 0) is 23.6 Å². The SMILES string of the molecule is CC(CC(N)c1ccc2c(c1)CC(=O)N2)C(=O)O. The number of hydrogen-bond donors (Lipinski definition) is 3. The normalized spacial score (nSPS) is 16.9. The minimum atomic E-state index is -0.844. The summed E-state index contributed by atoms with van der Waals surface area (Å²) in [4.78, 5) is 22.0. The Kier molecular flexibility index (Phi) is 3.34. The fraction of sp³-hybridized carbons (Fsp3) is 0.385. The van der Waals surface area contributed by atoms with Crippen molar-refractivity contribution in [2.75, 3.05) is 5.32 Å². The molecule has 0 saturated heterocycles. The van der Waals surface area contributed by atoms with Crippen LogP contribution in [0.25, 0.3) is 0 Å². The summed E-state index contributed by atoms with van der Waals surface area (Å²) in [6, 6.07) is 5.22. The van der Waals surface area contributed by atoms with Gasteiger partial charge in [-0.3, -0.25) is 9.59 Å². The third-order valence-electron chi connectivity index (χ3n) is 3.21. The quantitative estimate of drug-likeness (QED) is 0.748. The number of aliphatic carboxylic acids is 1. The molecule has 5 heteroatoms. The van der Waals surface area contributed by atoms with Gasteiger partial charge in [0.05, 0.1) is 12.3 Å². The van der Waals surface area contributed by atoms with Crippen LogP contribution in [0.2, 0.25) is 0 Å². The van der Waals surface area contributed by atoms with Crippen molar-refractivity contribution in [3.63, 3.8) is 0 Å². The third-order valence-corrected chi connectivity index (χ3v) is 3.21. The van der Waals surface area contributed by atoms with Gasteiger partial charge in [-0.2, -0.15) is 0 Å². The molecule has 96 valence electrons. The lowest BCUT2D eigenvalue weighted by atomic mass is 9.95. The van der Waals surface area contributed by atoms with Crippen LogP contribution in [0.15, 0.2) is 18.2 Å². The summed E-state index contributed by atoms with van der Waals surface area (Å²) in [5, 5.41) is 11.6. The molecule has 0 saturated carbocycles. The van der Waals surface area contributed by atoms with Gasteiger partial charge in [0.2, 0.25) is 5.91 Å². The van der Waals surface area contributed by atoms with E-state index in [4.69, 9.17) is 10.8 Å². The van der Waals surface area contributed by atoms with E-state index in [0.717, 1.165) is 16.8 Å². The van der Waals surface area contributed by atoms with Crippen molar-refractivity contribution in [1.29, 1.82) is 0 Å². The van der Waals surface area contributed by atoms with E-state index >= 15 is 0 Å². The number of hydrogen-bond acceptors (Lipinski definition) is 3. The number of carbonyl (C=O) groups excluding carboxylic acids is 1. The number of carboxylic acid groups (broad SMARTS) is 1. The lowest BCUT2D eigenvalue weighted by Crippen LogP contribution is -2.19. The van der Waals surface area contributed by atoms with Crippen molar-refractivity contribution < 1.29 is 14.7 Å². The van der Waals surface area contributed by atoms with Gasteiger partial charge in [0.25, 0.3) is 0 Å². The minimum absolute atomic E-state index is 0.0189. The van der Waals surface area contributed by atoms with Crippen molar-refractivity contribution >= 4 is 17.6 Å². The number of benzene rings is 1. The fourth-order valence-electron chi connectivity index (χ4n) is 2.10. The molecule has 0 aromatic heterocycles. The van der Waals surface area contributed by atoms with E-state index in [1.807, 2.05) is 18.2 Å². The van der Waals surface area contributed by atoms with Crippen molar-refractivity contribution in [3.05, 3.63) is 29.3 Å². The van der Waals surface area contributed by atoms with Gasteiger partial charge in [-0.25, -0.2) is 0 Å². The zero-order valence-electron chi connectivity index (χ0n) is 10.1. The lowest BCUT2D eigenvalue weighted by molar-refractivity contribution is -0.141. The molecule has 1 amide bonds. The topological polar surface area (TPSA) is 92.4 Å². The maximum Gasteiger partial charge on any atom is 0.306 e. The lowest BCUT2D eigenvalue weighted by Gasteiger charge is -2.15. The van der Waals surface area contributed by atoms with Gasteiger partial charge in [-0.15, -0.1) is 0 Å². The molecule has 5 nitrogen and oxygen atoms in total. The van der Waals surface area contributed by atoms with Crippen LogP contribution in [0.5, 0.6) is 0 Å². The molecule has 18 heavy (non-hydrogen) atoms. The number of nitrogens with two attached hydrogens (primary N) is 1. The van der Waals surface area contributed by atoms with Gasteiger partial charge in [0.1, 0.15) is 0 Å². The Morgan fingerprint density at radius 2 is 2.28 bits per heavy atom. The molecule has 0 aliphatic carbocycles. The zero-order valence-corrected chi connectivity index (χ0v) is 10.1. The van der Waals surface area contributed by atoms with E-state index in [-0.39, 0.29) is 11.9 Å². The van der Waals surface area contributed by atoms with Crippen LogP contribution in [0, 0.1) is 5.92 Å². The molecule has 4 N–H and O–H groups in total. The van der Waals surface area contributed by atoms with Crippen molar-refractivity contribution in [3.8, 4) is 0 Å². The average Bonchev–Trinajstić information content (AvgIpc) is 2.67. The summed E-state index contributed by atoms with van der Waals surface area (Å²) in [6.07, 6.45) is 0.750. The summed E-state index contributed by atoms with van der Waals surface area (Å²) in [7, 11) is 0. The number of carboxylic acids is 1. The molecule has 1 aromatic rings. The molecule has 0 fully saturated rings. The average molecular weight is 248 g/mol. The van der Waals surface area contributed by atoms with Crippen molar-refractivity contribution in [1.82, 2.24) is 0 Å². The smallest absolute Gasteiger partial charge is 0.306 e. The highest BCUT2D eigenvalue weighted by Gasteiger charge is 2.21. The van der Waals surface area contributed by atoms with E-state index in [2.05, 4.69) is 5.32 Å². The minimum Gasteiger partial charge on any atom is -0.481 e. The van der Waals surface area contributed by atoms with E-state index in [0.29, 0.717) is 12.8 Å². The number of nitrogens with one attached hydrogen (secondary N) is 1. The Labute approximate surface area is 105 Å².